The van der Waals surface area contributed by atoms with E-state index in [2.05, 4.69) is 26.6 Å². The number of hydrogen-bond acceptors (Lipinski definition) is 7. The third-order valence-electron chi connectivity index (χ3n) is 5.69. The van der Waals surface area contributed by atoms with Gasteiger partial charge in [0.25, 0.3) is 5.91 Å². The van der Waals surface area contributed by atoms with Crippen molar-refractivity contribution < 1.29 is 23.0 Å². The molecule has 38 heavy (non-hydrogen) atoms. The van der Waals surface area contributed by atoms with Crippen LogP contribution in [-0.4, -0.2) is 26.9 Å². The van der Waals surface area contributed by atoms with E-state index in [4.69, 9.17) is 4.74 Å². The zero-order chi connectivity index (χ0) is 27.2. The molecule has 0 radical (unpaired) electrons. The van der Waals surface area contributed by atoms with Gasteiger partial charge in [-0.25, -0.2) is 9.97 Å². The number of thiazole rings is 2. The summed E-state index contributed by atoms with van der Waals surface area (Å²) in [5.41, 5.74) is 2.23. The standard InChI is InChI=1S/C25H22F2N4O3S2.C2H6/c1-14(2)33-21-16(7-4-8-19(21)34-23(26)27)9-10-17-20(31-11-12-35-25(31)29-17)22(32)30-24-28-18(13-36-24)15-5-3-6-15;1-2/h4,7-13,15,23H,1,3,5-6H2,2H3,(H,28,30,32);1-2H3/b10-9+;. The van der Waals surface area contributed by atoms with Gasteiger partial charge in [0.15, 0.2) is 21.6 Å². The molecule has 5 rings (SSSR count). The number of amides is 1. The fourth-order valence-electron chi connectivity index (χ4n) is 3.84. The molecule has 11 heteroatoms. The molecule has 200 valence electrons. The summed E-state index contributed by atoms with van der Waals surface area (Å²) in [5.74, 6) is 0.416. The number of carbonyl (C=O) groups is 1. The number of allylic oxidation sites excluding steroid dienone is 1. The zero-order valence-electron chi connectivity index (χ0n) is 21.2. The van der Waals surface area contributed by atoms with Crippen LogP contribution in [0.5, 0.6) is 11.5 Å². The number of rotatable bonds is 9. The first kappa shape index (κ1) is 27.5. The lowest BCUT2D eigenvalue weighted by Crippen LogP contribution is -2.15. The number of fused-ring (bicyclic) bond motifs is 1. The first-order valence-electron chi connectivity index (χ1n) is 12.2. The first-order chi connectivity index (χ1) is 18.4. The highest BCUT2D eigenvalue weighted by Gasteiger charge is 2.24. The molecule has 1 N–H and O–H groups in total. The van der Waals surface area contributed by atoms with Crippen molar-refractivity contribution in [2.75, 3.05) is 5.32 Å². The molecule has 7 nitrogen and oxygen atoms in total. The highest BCUT2D eigenvalue weighted by atomic mass is 32.1. The lowest BCUT2D eigenvalue weighted by Gasteiger charge is -2.22. The Balaban J connectivity index is 0.00000164. The summed E-state index contributed by atoms with van der Waals surface area (Å²) in [6.07, 6.45) is 8.52. The molecule has 3 aromatic heterocycles. The molecule has 3 heterocycles. The maximum Gasteiger partial charge on any atom is 0.387 e. The summed E-state index contributed by atoms with van der Waals surface area (Å²) in [5, 5.41) is 7.27. The van der Waals surface area contributed by atoms with Crippen LogP contribution in [-0.2, 0) is 0 Å². The van der Waals surface area contributed by atoms with Gasteiger partial charge < -0.3 is 9.47 Å². The molecule has 4 aromatic rings. The lowest BCUT2D eigenvalue weighted by molar-refractivity contribution is -0.0511. The number of nitrogens with zero attached hydrogens (tertiary/aromatic N) is 3. The molecule has 0 unspecified atom stereocenters. The number of ether oxygens (including phenoxy) is 2. The molecule has 0 spiro atoms. The third-order valence-corrected chi connectivity index (χ3v) is 7.23. The molecular weight excluding hydrogens is 530 g/mol. The van der Waals surface area contributed by atoms with Crippen LogP contribution in [0.3, 0.4) is 0 Å². The number of aromatic nitrogens is 3. The van der Waals surface area contributed by atoms with Crippen molar-refractivity contribution in [1.82, 2.24) is 14.4 Å². The molecule has 0 bridgehead atoms. The van der Waals surface area contributed by atoms with Crippen LogP contribution < -0.4 is 14.8 Å². The SMILES string of the molecule is C=C(C)Oc1c(/C=C/c2nc3sccn3c2C(=O)Nc2nc(C3CCC3)cs2)cccc1OC(F)F.CC. The number of carbonyl (C=O) groups excluding carboxylic acids is 1. The summed E-state index contributed by atoms with van der Waals surface area (Å²) >= 11 is 2.79. The number of benzene rings is 1. The molecule has 1 aliphatic rings. The van der Waals surface area contributed by atoms with Gasteiger partial charge in [0.2, 0.25) is 0 Å². The zero-order valence-corrected chi connectivity index (χ0v) is 22.9. The second-order valence-corrected chi connectivity index (χ2v) is 9.98. The molecule has 0 saturated heterocycles. The van der Waals surface area contributed by atoms with Crippen LogP contribution in [0.15, 0.2) is 47.5 Å². The smallest absolute Gasteiger partial charge is 0.387 e. The van der Waals surface area contributed by atoms with Crippen molar-refractivity contribution in [3.05, 3.63) is 70.1 Å². The van der Waals surface area contributed by atoms with E-state index in [0.29, 0.717) is 38.7 Å². The minimum Gasteiger partial charge on any atom is -0.458 e. The van der Waals surface area contributed by atoms with Gasteiger partial charge in [-0.15, -0.1) is 22.7 Å². The van der Waals surface area contributed by atoms with Crippen molar-refractivity contribution >= 4 is 50.8 Å². The molecule has 1 saturated carbocycles. The van der Waals surface area contributed by atoms with Crippen LogP contribution in [0.25, 0.3) is 17.1 Å². The van der Waals surface area contributed by atoms with Gasteiger partial charge in [-0.05, 0) is 38.0 Å². The van der Waals surface area contributed by atoms with Crippen molar-refractivity contribution in [2.45, 2.75) is 52.6 Å². The Kier molecular flexibility index (Phi) is 8.90. The van der Waals surface area contributed by atoms with Crippen LogP contribution >= 0.6 is 22.7 Å². The molecule has 1 aromatic carbocycles. The van der Waals surface area contributed by atoms with Gasteiger partial charge in [-0.3, -0.25) is 14.5 Å². The Labute approximate surface area is 227 Å². The fourth-order valence-corrected chi connectivity index (χ4v) is 5.35. The van der Waals surface area contributed by atoms with Gasteiger partial charge in [0, 0.05) is 28.4 Å². The van der Waals surface area contributed by atoms with Gasteiger partial charge in [-0.1, -0.05) is 39.0 Å². The van der Waals surface area contributed by atoms with E-state index < -0.39 is 6.61 Å². The van der Waals surface area contributed by atoms with Gasteiger partial charge in [0.1, 0.15) is 5.69 Å². The average molecular weight is 559 g/mol. The second-order valence-electron chi connectivity index (χ2n) is 8.25. The summed E-state index contributed by atoms with van der Waals surface area (Å²) in [6, 6.07) is 4.64. The van der Waals surface area contributed by atoms with Crippen molar-refractivity contribution in [3.63, 3.8) is 0 Å². The van der Waals surface area contributed by atoms with Crippen LogP contribution in [0.1, 0.15) is 73.4 Å². The molecular formula is C27H28F2N4O3S2. The molecule has 1 fully saturated rings. The van der Waals surface area contributed by atoms with E-state index in [1.807, 2.05) is 24.6 Å². The predicted octanol–water partition coefficient (Wildman–Crippen LogP) is 8.08. The van der Waals surface area contributed by atoms with Gasteiger partial charge in [0.05, 0.1) is 17.1 Å². The normalized spacial score (nSPS) is 13.3. The Hall–Kier alpha value is -3.57. The van der Waals surface area contributed by atoms with Crippen LogP contribution in [0, 0.1) is 0 Å². The third kappa shape index (κ3) is 6.11. The first-order valence-corrected chi connectivity index (χ1v) is 14.0. The Morgan fingerprint density at radius 3 is 2.71 bits per heavy atom. The molecule has 1 amide bonds. The minimum absolute atomic E-state index is 0.0971. The number of alkyl halides is 2. The minimum atomic E-state index is -3.01. The monoisotopic (exact) mass is 558 g/mol. The number of imidazole rings is 1. The van der Waals surface area contributed by atoms with E-state index in [1.54, 1.807) is 41.8 Å². The maximum absolute atomic E-state index is 13.3. The van der Waals surface area contributed by atoms with Crippen molar-refractivity contribution in [3.8, 4) is 11.5 Å². The van der Waals surface area contributed by atoms with Gasteiger partial charge in [-0.2, -0.15) is 8.78 Å². The Morgan fingerprint density at radius 1 is 1.24 bits per heavy atom. The highest BCUT2D eigenvalue weighted by Crippen LogP contribution is 2.38. The van der Waals surface area contributed by atoms with E-state index in [1.165, 1.54) is 35.2 Å². The van der Waals surface area contributed by atoms with E-state index in [9.17, 15) is 13.6 Å². The van der Waals surface area contributed by atoms with Crippen LogP contribution in [0.2, 0.25) is 0 Å². The Bertz CT molecular complexity index is 1450. The van der Waals surface area contributed by atoms with E-state index in [0.717, 1.165) is 18.5 Å². The maximum atomic E-state index is 13.3. The number of hydrogen-bond donors (Lipinski definition) is 1. The van der Waals surface area contributed by atoms with Crippen molar-refractivity contribution in [1.29, 1.82) is 0 Å². The molecule has 0 aliphatic heterocycles. The van der Waals surface area contributed by atoms with E-state index in [-0.39, 0.29) is 17.4 Å². The quantitative estimate of drug-likeness (QED) is 0.210. The number of halogens is 2. The lowest BCUT2D eigenvalue weighted by atomic mass is 9.83. The summed E-state index contributed by atoms with van der Waals surface area (Å²) < 4.78 is 37.7. The number of nitrogens with one attached hydrogen (secondary N) is 1. The average Bonchev–Trinajstić information content (AvgIpc) is 3.55. The van der Waals surface area contributed by atoms with E-state index >= 15 is 0 Å². The van der Waals surface area contributed by atoms with Gasteiger partial charge >= 0.3 is 6.61 Å². The Morgan fingerprint density at radius 2 is 2.03 bits per heavy atom. The topological polar surface area (TPSA) is 77.8 Å². The predicted molar refractivity (Wildman–Crippen MR) is 149 cm³/mol. The van der Waals surface area contributed by atoms with Crippen molar-refractivity contribution in [2.24, 2.45) is 0 Å². The number of para-hydroxylation sites is 1. The molecule has 1 aliphatic carbocycles. The molecule has 0 atom stereocenters. The number of anilines is 1. The fraction of sp³-hybridized carbons (Fsp3) is 0.296. The summed E-state index contributed by atoms with van der Waals surface area (Å²) in [7, 11) is 0. The largest absolute Gasteiger partial charge is 0.458 e. The highest BCUT2D eigenvalue weighted by molar-refractivity contribution is 7.15. The second kappa shape index (κ2) is 12.3. The van der Waals surface area contributed by atoms with Crippen LogP contribution in [0.4, 0.5) is 13.9 Å². The summed E-state index contributed by atoms with van der Waals surface area (Å²) in [6.45, 7) is 6.28. The summed E-state index contributed by atoms with van der Waals surface area (Å²) in [4.78, 5) is 23.1.